The normalized spacial score (nSPS) is 16.8. The first-order chi connectivity index (χ1) is 10.0. The molecule has 1 aliphatic rings. The lowest BCUT2D eigenvalue weighted by molar-refractivity contribution is 0.546. The first-order valence-electron chi connectivity index (χ1n) is 7.45. The third-order valence-corrected chi connectivity index (χ3v) is 5.65. The maximum Gasteiger partial charge on any atom is 0.212 e. The summed E-state index contributed by atoms with van der Waals surface area (Å²) >= 11 is 0. The van der Waals surface area contributed by atoms with E-state index in [2.05, 4.69) is 14.7 Å². The lowest BCUT2D eigenvalue weighted by Crippen LogP contribution is -2.29. The Labute approximate surface area is 125 Å². The number of benzene rings is 1. The zero-order chi connectivity index (χ0) is 14.9. The Kier molecular flexibility index (Phi) is 3.99. The van der Waals surface area contributed by atoms with Crippen LogP contribution in [0.25, 0.3) is 11.0 Å². The monoisotopic (exact) mass is 307 g/mol. The number of aryl methyl sites for hydroxylation is 1. The van der Waals surface area contributed by atoms with E-state index in [9.17, 15) is 8.42 Å². The minimum atomic E-state index is -3.22. The van der Waals surface area contributed by atoms with Crippen LogP contribution in [-0.4, -0.2) is 24.1 Å². The van der Waals surface area contributed by atoms with Gasteiger partial charge in [0.05, 0.1) is 23.3 Å². The number of nitrogens with one attached hydrogen (secondary N) is 2. The number of sulfonamides is 1. The summed E-state index contributed by atoms with van der Waals surface area (Å²) in [5.74, 6) is 1.22. The molecule has 1 aromatic heterocycles. The van der Waals surface area contributed by atoms with Crippen LogP contribution < -0.4 is 4.72 Å². The summed E-state index contributed by atoms with van der Waals surface area (Å²) in [5.41, 5.74) is 2.94. The van der Waals surface area contributed by atoms with Crippen LogP contribution in [-0.2, 0) is 16.6 Å². The molecule has 1 aliphatic carbocycles. The summed E-state index contributed by atoms with van der Waals surface area (Å²) in [6, 6.07) is 5.91. The molecule has 2 aromatic rings. The van der Waals surface area contributed by atoms with E-state index < -0.39 is 10.0 Å². The Morgan fingerprint density at radius 3 is 2.81 bits per heavy atom. The van der Waals surface area contributed by atoms with E-state index >= 15 is 0 Å². The number of nitrogens with zero attached hydrogens (tertiary/aromatic N) is 1. The maximum atomic E-state index is 12.1. The minimum Gasteiger partial charge on any atom is -0.341 e. The van der Waals surface area contributed by atoms with Gasteiger partial charge in [-0.25, -0.2) is 18.1 Å². The number of aromatic nitrogens is 2. The molecule has 1 fully saturated rings. The molecule has 0 atom stereocenters. The van der Waals surface area contributed by atoms with Crippen molar-refractivity contribution in [1.82, 2.24) is 14.7 Å². The minimum absolute atomic E-state index is 0.225. The van der Waals surface area contributed by atoms with Gasteiger partial charge < -0.3 is 4.98 Å². The predicted octanol–water partition coefficient (Wildman–Crippen LogP) is 2.48. The molecule has 0 amide bonds. The summed E-state index contributed by atoms with van der Waals surface area (Å²) in [6.07, 6.45) is 4.38. The molecule has 5 nitrogen and oxygen atoms in total. The van der Waals surface area contributed by atoms with E-state index in [1.807, 2.05) is 25.1 Å². The van der Waals surface area contributed by atoms with Crippen LogP contribution >= 0.6 is 0 Å². The smallest absolute Gasteiger partial charge is 0.212 e. The van der Waals surface area contributed by atoms with Gasteiger partial charge in [0.1, 0.15) is 5.82 Å². The summed E-state index contributed by atoms with van der Waals surface area (Å²) in [5, 5.41) is 0. The van der Waals surface area contributed by atoms with E-state index in [1.54, 1.807) is 0 Å². The van der Waals surface area contributed by atoms with E-state index in [0.29, 0.717) is 11.7 Å². The van der Waals surface area contributed by atoms with Crippen molar-refractivity contribution in [2.45, 2.75) is 39.2 Å². The van der Waals surface area contributed by atoms with Crippen LogP contribution in [0.15, 0.2) is 18.2 Å². The van der Waals surface area contributed by atoms with Crippen molar-refractivity contribution in [2.75, 3.05) is 5.75 Å². The van der Waals surface area contributed by atoms with Gasteiger partial charge in [-0.1, -0.05) is 25.0 Å². The number of aromatic amines is 1. The summed E-state index contributed by atoms with van der Waals surface area (Å²) in [7, 11) is -3.22. The number of hydrogen-bond acceptors (Lipinski definition) is 3. The number of para-hydroxylation sites is 1. The number of H-pyrrole nitrogens is 1. The predicted molar refractivity (Wildman–Crippen MR) is 83.4 cm³/mol. The highest BCUT2D eigenvalue weighted by atomic mass is 32.2. The largest absolute Gasteiger partial charge is 0.341 e. The third-order valence-electron chi connectivity index (χ3n) is 4.15. The molecule has 1 saturated carbocycles. The molecule has 114 valence electrons. The molecule has 0 spiro atoms. The van der Waals surface area contributed by atoms with Crippen LogP contribution in [0.4, 0.5) is 0 Å². The van der Waals surface area contributed by atoms with Gasteiger partial charge in [-0.05, 0) is 37.3 Å². The van der Waals surface area contributed by atoms with Crippen LogP contribution in [0.3, 0.4) is 0 Å². The van der Waals surface area contributed by atoms with Crippen molar-refractivity contribution in [3.8, 4) is 0 Å². The highest BCUT2D eigenvalue weighted by molar-refractivity contribution is 7.89. The molecule has 3 rings (SSSR count). The molecule has 0 bridgehead atoms. The summed E-state index contributed by atoms with van der Waals surface area (Å²) < 4.78 is 26.8. The average molecular weight is 307 g/mol. The average Bonchev–Trinajstić information content (AvgIpc) is 3.05. The summed E-state index contributed by atoms with van der Waals surface area (Å²) in [4.78, 5) is 7.63. The lowest BCUT2D eigenvalue weighted by atomic mass is 10.1. The highest BCUT2D eigenvalue weighted by Crippen LogP contribution is 2.25. The zero-order valence-corrected chi connectivity index (χ0v) is 13.0. The Bertz CT molecular complexity index is 730. The molecule has 2 N–H and O–H groups in total. The molecule has 21 heavy (non-hydrogen) atoms. The Hall–Kier alpha value is -1.40. The number of imidazole rings is 1. The molecular formula is C15H21N3O2S. The first kappa shape index (κ1) is 14.5. The fraction of sp³-hybridized carbons (Fsp3) is 0.533. The molecular weight excluding hydrogens is 286 g/mol. The van der Waals surface area contributed by atoms with Crippen molar-refractivity contribution in [2.24, 2.45) is 5.92 Å². The quantitative estimate of drug-likeness (QED) is 0.891. The molecule has 0 radical (unpaired) electrons. The maximum absolute atomic E-state index is 12.1. The van der Waals surface area contributed by atoms with E-state index in [0.717, 1.165) is 42.3 Å². The van der Waals surface area contributed by atoms with Gasteiger partial charge in [0, 0.05) is 0 Å². The van der Waals surface area contributed by atoms with Crippen LogP contribution in [0, 0.1) is 12.8 Å². The Balaban J connectivity index is 1.66. The fourth-order valence-corrected chi connectivity index (χ4v) is 4.46. The zero-order valence-electron chi connectivity index (χ0n) is 12.2. The van der Waals surface area contributed by atoms with E-state index in [-0.39, 0.29) is 12.3 Å². The van der Waals surface area contributed by atoms with Gasteiger partial charge >= 0.3 is 0 Å². The Morgan fingerprint density at radius 2 is 2.10 bits per heavy atom. The number of fused-ring (bicyclic) bond motifs is 1. The molecule has 0 aliphatic heterocycles. The van der Waals surface area contributed by atoms with E-state index in [1.165, 1.54) is 0 Å². The highest BCUT2D eigenvalue weighted by Gasteiger charge is 2.22. The standard InChI is InChI=1S/C15H21N3O2S/c1-11-5-4-8-13-15(11)18-14(17-13)9-16-21(19,20)10-12-6-2-3-7-12/h4-5,8,12,16H,2-3,6-7,9-10H2,1H3,(H,17,18). The van der Waals surface area contributed by atoms with Gasteiger partial charge in [-0.3, -0.25) is 0 Å². The van der Waals surface area contributed by atoms with Crippen LogP contribution in [0.2, 0.25) is 0 Å². The van der Waals surface area contributed by atoms with Crippen LogP contribution in [0.5, 0.6) is 0 Å². The Morgan fingerprint density at radius 1 is 1.33 bits per heavy atom. The molecule has 1 heterocycles. The second kappa shape index (κ2) is 5.77. The van der Waals surface area contributed by atoms with E-state index in [4.69, 9.17) is 0 Å². The first-order valence-corrected chi connectivity index (χ1v) is 9.10. The van der Waals surface area contributed by atoms with Crippen molar-refractivity contribution >= 4 is 21.1 Å². The van der Waals surface area contributed by atoms with Crippen molar-refractivity contribution in [3.05, 3.63) is 29.6 Å². The van der Waals surface area contributed by atoms with Crippen molar-refractivity contribution in [3.63, 3.8) is 0 Å². The fourth-order valence-electron chi connectivity index (χ4n) is 3.03. The van der Waals surface area contributed by atoms with Crippen LogP contribution in [0.1, 0.15) is 37.1 Å². The topological polar surface area (TPSA) is 74.8 Å². The second-order valence-electron chi connectivity index (χ2n) is 5.91. The molecule has 0 unspecified atom stereocenters. The number of rotatable bonds is 5. The van der Waals surface area contributed by atoms with Gasteiger partial charge in [0.25, 0.3) is 0 Å². The summed E-state index contributed by atoms with van der Waals surface area (Å²) in [6.45, 7) is 2.22. The lowest BCUT2D eigenvalue weighted by Gasteiger charge is -2.10. The number of hydrogen-bond donors (Lipinski definition) is 2. The molecule has 6 heteroatoms. The molecule has 0 saturated heterocycles. The van der Waals surface area contributed by atoms with Gasteiger partial charge in [0.2, 0.25) is 10.0 Å². The second-order valence-corrected chi connectivity index (χ2v) is 7.76. The van der Waals surface area contributed by atoms with Gasteiger partial charge in [-0.15, -0.1) is 0 Å². The van der Waals surface area contributed by atoms with Crippen molar-refractivity contribution in [1.29, 1.82) is 0 Å². The van der Waals surface area contributed by atoms with Gasteiger partial charge in [-0.2, -0.15) is 0 Å². The molecule has 1 aromatic carbocycles. The van der Waals surface area contributed by atoms with Gasteiger partial charge in [0.15, 0.2) is 0 Å². The SMILES string of the molecule is Cc1cccc2[nH]c(CNS(=O)(=O)CC3CCCC3)nc12. The third kappa shape index (κ3) is 3.44. The van der Waals surface area contributed by atoms with Crippen molar-refractivity contribution < 1.29 is 8.42 Å².